The molecule has 3 rings (SSSR count). The van der Waals surface area contributed by atoms with Crippen LogP contribution in [0.2, 0.25) is 5.02 Å². The highest BCUT2D eigenvalue weighted by atomic mass is 35.5. The Morgan fingerprint density at radius 2 is 1.59 bits per heavy atom. The highest BCUT2D eigenvalue weighted by Crippen LogP contribution is 2.26. The molecule has 0 saturated heterocycles. The lowest BCUT2D eigenvalue weighted by Gasteiger charge is -2.31. The van der Waals surface area contributed by atoms with Crippen LogP contribution in [-0.2, 0) is 22.6 Å². The van der Waals surface area contributed by atoms with Crippen molar-refractivity contribution in [2.75, 3.05) is 13.2 Å². The van der Waals surface area contributed by atoms with Crippen molar-refractivity contribution in [2.45, 2.75) is 59.5 Å². The molecule has 0 spiro atoms. The number of rotatable bonds is 12. The number of nitrogens with zero attached hydrogens (tertiary/aromatic N) is 1. The number of halogens is 1. The Bertz CT molecular complexity index is 1160. The molecule has 0 aliphatic carbocycles. The van der Waals surface area contributed by atoms with Crippen molar-refractivity contribution in [1.82, 2.24) is 10.2 Å². The molecule has 3 aromatic carbocycles. The van der Waals surface area contributed by atoms with Gasteiger partial charge in [0.05, 0.1) is 0 Å². The summed E-state index contributed by atoms with van der Waals surface area (Å²) >= 11 is 6.29. The van der Waals surface area contributed by atoms with Crippen LogP contribution in [0.3, 0.4) is 0 Å². The van der Waals surface area contributed by atoms with Crippen LogP contribution in [0.25, 0.3) is 0 Å². The molecule has 0 bridgehead atoms. The van der Waals surface area contributed by atoms with E-state index in [1.807, 2.05) is 87.5 Å². The van der Waals surface area contributed by atoms with E-state index in [1.165, 1.54) is 0 Å². The summed E-state index contributed by atoms with van der Waals surface area (Å²) in [5, 5.41) is 3.73. The molecule has 0 aliphatic heterocycles. The van der Waals surface area contributed by atoms with Crippen molar-refractivity contribution < 1.29 is 14.3 Å². The molecule has 0 unspecified atom stereocenters. The SMILES string of the molecule is CCCCNC(=O)[C@@H](Cc1ccccc1)N(Cc1ccc(C)cc1)C(=O)COc1cc(C)c(Cl)c(C)c1. The fourth-order valence-electron chi connectivity index (χ4n) is 4.17. The van der Waals surface area contributed by atoms with Gasteiger partial charge in [-0.05, 0) is 61.6 Å². The van der Waals surface area contributed by atoms with Crippen molar-refractivity contribution in [3.8, 4) is 5.75 Å². The second kappa shape index (κ2) is 13.8. The number of hydrogen-bond donors (Lipinski definition) is 1. The number of carbonyl (C=O) groups is 2. The Hall–Kier alpha value is -3.31. The summed E-state index contributed by atoms with van der Waals surface area (Å²) in [7, 11) is 0. The average Bonchev–Trinajstić information content (AvgIpc) is 2.89. The van der Waals surface area contributed by atoms with Gasteiger partial charge < -0.3 is 15.0 Å². The van der Waals surface area contributed by atoms with Crippen LogP contribution in [0.4, 0.5) is 0 Å². The van der Waals surface area contributed by atoms with Crippen LogP contribution in [0, 0.1) is 20.8 Å². The Morgan fingerprint density at radius 1 is 0.946 bits per heavy atom. The first-order chi connectivity index (χ1) is 17.8. The van der Waals surface area contributed by atoms with E-state index in [-0.39, 0.29) is 18.4 Å². The molecule has 196 valence electrons. The third-order valence-corrected chi connectivity index (χ3v) is 6.94. The highest BCUT2D eigenvalue weighted by Gasteiger charge is 2.30. The molecule has 0 saturated carbocycles. The third-order valence-electron chi connectivity index (χ3n) is 6.35. The smallest absolute Gasteiger partial charge is 0.261 e. The van der Waals surface area contributed by atoms with Gasteiger partial charge >= 0.3 is 0 Å². The Balaban J connectivity index is 1.89. The maximum absolute atomic E-state index is 13.7. The van der Waals surface area contributed by atoms with E-state index in [2.05, 4.69) is 12.2 Å². The molecule has 1 atom stereocenters. The molecule has 3 aromatic rings. The number of amides is 2. The van der Waals surface area contributed by atoms with Gasteiger partial charge in [-0.25, -0.2) is 0 Å². The quantitative estimate of drug-likeness (QED) is 0.289. The predicted molar refractivity (Wildman–Crippen MR) is 150 cm³/mol. The second-order valence-corrected chi connectivity index (χ2v) is 9.90. The number of aryl methyl sites for hydroxylation is 3. The minimum Gasteiger partial charge on any atom is -0.484 e. The molecule has 0 heterocycles. The lowest BCUT2D eigenvalue weighted by atomic mass is 10.0. The summed E-state index contributed by atoms with van der Waals surface area (Å²) in [5.41, 5.74) is 4.86. The average molecular weight is 521 g/mol. The summed E-state index contributed by atoms with van der Waals surface area (Å²) in [6.45, 7) is 8.62. The molecule has 0 aromatic heterocycles. The molecule has 2 amide bonds. The first-order valence-electron chi connectivity index (χ1n) is 12.8. The molecule has 0 aliphatic rings. The van der Waals surface area contributed by atoms with E-state index in [4.69, 9.17) is 16.3 Å². The minimum atomic E-state index is -0.676. The standard InChI is InChI=1S/C31H37ClN2O3/c1-5-6-16-33-31(36)28(19-25-10-8-7-9-11-25)34(20-26-14-12-22(2)13-15-26)29(35)21-37-27-17-23(3)30(32)24(4)18-27/h7-15,17-18,28H,5-6,16,19-21H2,1-4H3,(H,33,36)/t28-/m1/s1. The zero-order chi connectivity index (χ0) is 26.8. The van der Waals surface area contributed by atoms with Crippen molar-refractivity contribution in [1.29, 1.82) is 0 Å². The summed E-state index contributed by atoms with van der Waals surface area (Å²) < 4.78 is 5.92. The summed E-state index contributed by atoms with van der Waals surface area (Å²) in [4.78, 5) is 28.8. The zero-order valence-electron chi connectivity index (χ0n) is 22.2. The molecule has 0 fully saturated rings. The van der Waals surface area contributed by atoms with Gasteiger partial charge in [-0.2, -0.15) is 0 Å². The molecule has 37 heavy (non-hydrogen) atoms. The minimum absolute atomic E-state index is 0.157. The van der Waals surface area contributed by atoms with Crippen molar-refractivity contribution in [2.24, 2.45) is 0 Å². The van der Waals surface area contributed by atoms with E-state index in [0.29, 0.717) is 30.3 Å². The number of unbranched alkanes of at least 4 members (excludes halogenated alkanes) is 1. The summed E-state index contributed by atoms with van der Waals surface area (Å²) in [6.07, 6.45) is 2.27. The van der Waals surface area contributed by atoms with Gasteiger partial charge in [0.15, 0.2) is 6.61 Å². The van der Waals surface area contributed by atoms with Crippen LogP contribution in [0.5, 0.6) is 5.75 Å². The Labute approximate surface area is 225 Å². The van der Waals surface area contributed by atoms with Crippen LogP contribution in [0.1, 0.15) is 47.6 Å². The number of ether oxygens (including phenoxy) is 1. The van der Waals surface area contributed by atoms with E-state index < -0.39 is 6.04 Å². The molecule has 6 heteroatoms. The number of nitrogens with one attached hydrogen (secondary N) is 1. The Morgan fingerprint density at radius 3 is 2.22 bits per heavy atom. The largest absolute Gasteiger partial charge is 0.484 e. The van der Waals surface area contributed by atoms with Crippen molar-refractivity contribution >= 4 is 23.4 Å². The maximum Gasteiger partial charge on any atom is 0.261 e. The molecular weight excluding hydrogens is 484 g/mol. The zero-order valence-corrected chi connectivity index (χ0v) is 23.0. The van der Waals surface area contributed by atoms with Crippen LogP contribution in [-0.4, -0.2) is 35.9 Å². The third kappa shape index (κ3) is 8.36. The van der Waals surface area contributed by atoms with Crippen molar-refractivity contribution in [3.63, 3.8) is 0 Å². The van der Waals surface area contributed by atoms with Gasteiger partial charge in [0, 0.05) is 24.5 Å². The molecule has 5 nitrogen and oxygen atoms in total. The van der Waals surface area contributed by atoms with E-state index in [1.54, 1.807) is 4.90 Å². The number of benzene rings is 3. The molecular formula is C31H37ClN2O3. The van der Waals surface area contributed by atoms with Gasteiger partial charge in [-0.15, -0.1) is 0 Å². The first kappa shape index (κ1) is 28.3. The van der Waals surface area contributed by atoms with Gasteiger partial charge in [0.1, 0.15) is 11.8 Å². The van der Waals surface area contributed by atoms with Gasteiger partial charge in [0.25, 0.3) is 5.91 Å². The predicted octanol–water partition coefficient (Wildman–Crippen LogP) is 6.20. The van der Waals surface area contributed by atoms with Crippen LogP contribution < -0.4 is 10.1 Å². The lowest BCUT2D eigenvalue weighted by molar-refractivity contribution is -0.142. The molecule has 0 radical (unpaired) electrons. The summed E-state index contributed by atoms with van der Waals surface area (Å²) in [6, 6.07) is 20.8. The maximum atomic E-state index is 13.7. The van der Waals surface area contributed by atoms with Crippen LogP contribution in [0.15, 0.2) is 66.7 Å². The van der Waals surface area contributed by atoms with E-state index in [9.17, 15) is 9.59 Å². The van der Waals surface area contributed by atoms with Gasteiger partial charge in [-0.3, -0.25) is 9.59 Å². The Kier molecular flexibility index (Phi) is 10.6. The lowest BCUT2D eigenvalue weighted by Crippen LogP contribution is -2.51. The normalized spacial score (nSPS) is 11.6. The number of hydrogen-bond acceptors (Lipinski definition) is 3. The highest BCUT2D eigenvalue weighted by molar-refractivity contribution is 6.32. The summed E-state index contributed by atoms with van der Waals surface area (Å²) in [5.74, 6) is 0.170. The van der Waals surface area contributed by atoms with Gasteiger partial charge in [-0.1, -0.05) is 85.1 Å². The molecule has 1 N–H and O–H groups in total. The topological polar surface area (TPSA) is 58.6 Å². The second-order valence-electron chi connectivity index (χ2n) is 9.52. The monoisotopic (exact) mass is 520 g/mol. The fraction of sp³-hybridized carbons (Fsp3) is 0.355. The van der Waals surface area contributed by atoms with Crippen LogP contribution >= 0.6 is 11.6 Å². The van der Waals surface area contributed by atoms with E-state index in [0.717, 1.165) is 40.7 Å². The number of carbonyl (C=O) groups excluding carboxylic acids is 2. The fourth-order valence-corrected chi connectivity index (χ4v) is 4.28. The van der Waals surface area contributed by atoms with Crippen molar-refractivity contribution in [3.05, 3.63) is 99.6 Å². The van der Waals surface area contributed by atoms with Gasteiger partial charge in [0.2, 0.25) is 5.91 Å². The van der Waals surface area contributed by atoms with E-state index >= 15 is 0 Å². The first-order valence-corrected chi connectivity index (χ1v) is 13.2.